The molecule has 200 valence electrons. The van der Waals surface area contributed by atoms with E-state index < -0.39 is 62.7 Å². The van der Waals surface area contributed by atoms with E-state index in [0.29, 0.717) is 0 Å². The summed E-state index contributed by atoms with van der Waals surface area (Å²) in [6.07, 6.45) is -2.50. The highest BCUT2D eigenvalue weighted by Gasteiger charge is 2.30. The van der Waals surface area contributed by atoms with Crippen LogP contribution in [0.5, 0.6) is 0 Å². The first-order valence-corrected chi connectivity index (χ1v) is 11.3. The summed E-state index contributed by atoms with van der Waals surface area (Å²) in [6, 6.07) is -1.67. The Morgan fingerprint density at radius 2 is 0.853 bits per heavy atom. The molecular formula is C20H40N4O10. The van der Waals surface area contributed by atoms with Crippen LogP contribution in [0.1, 0.15) is 0 Å². The van der Waals surface area contributed by atoms with E-state index in [4.69, 9.17) is 0 Å². The highest BCUT2D eigenvalue weighted by Crippen LogP contribution is 2.11. The molecular weight excluding hydrogens is 456 g/mol. The van der Waals surface area contributed by atoms with Gasteiger partial charge in [0.2, 0.25) is 0 Å². The van der Waals surface area contributed by atoms with Gasteiger partial charge in [0, 0.05) is 52.4 Å². The highest BCUT2D eigenvalue weighted by atomic mass is 16.4. The molecule has 4 unspecified atom stereocenters. The standard InChI is InChI=1S/C20H40N4O10/c25-11-15(17(29)13-27)23-5-3-21(9-19(31)32)1-2-22(10-20(33)34)4-6-24(8-7-23)16(12-26)18(30)14-28/h15-18,25-30H,1-14H2,(H,31,32)(H,33,34). The highest BCUT2D eigenvalue weighted by molar-refractivity contribution is 5.69. The maximum Gasteiger partial charge on any atom is 0.317 e. The smallest absolute Gasteiger partial charge is 0.317 e. The van der Waals surface area contributed by atoms with Crippen LogP contribution in [0.2, 0.25) is 0 Å². The third-order valence-corrected chi connectivity index (χ3v) is 6.11. The lowest BCUT2D eigenvalue weighted by atomic mass is 10.1. The number of hydrogen-bond acceptors (Lipinski definition) is 12. The molecule has 0 aromatic carbocycles. The van der Waals surface area contributed by atoms with Crippen molar-refractivity contribution in [1.82, 2.24) is 19.6 Å². The van der Waals surface area contributed by atoms with Crippen LogP contribution >= 0.6 is 0 Å². The summed E-state index contributed by atoms with van der Waals surface area (Å²) in [7, 11) is 0. The lowest BCUT2D eigenvalue weighted by Crippen LogP contribution is -2.56. The molecule has 0 aromatic rings. The Morgan fingerprint density at radius 3 is 1.12 bits per heavy atom. The van der Waals surface area contributed by atoms with Crippen LogP contribution in [0.15, 0.2) is 0 Å². The second kappa shape index (κ2) is 16.3. The number of hydrogen-bond donors (Lipinski definition) is 8. The summed E-state index contributed by atoms with van der Waals surface area (Å²) in [5, 5.41) is 77.4. The third-order valence-electron chi connectivity index (χ3n) is 6.11. The molecule has 1 aliphatic rings. The molecule has 0 saturated carbocycles. The van der Waals surface area contributed by atoms with Crippen molar-refractivity contribution in [2.24, 2.45) is 0 Å². The molecule has 1 heterocycles. The predicted molar refractivity (Wildman–Crippen MR) is 119 cm³/mol. The van der Waals surface area contributed by atoms with Crippen molar-refractivity contribution in [3.8, 4) is 0 Å². The van der Waals surface area contributed by atoms with Crippen molar-refractivity contribution in [2.75, 3.05) is 91.9 Å². The van der Waals surface area contributed by atoms with Gasteiger partial charge in [-0.25, -0.2) is 0 Å². The molecule has 0 spiro atoms. The van der Waals surface area contributed by atoms with Crippen LogP contribution in [0.3, 0.4) is 0 Å². The number of aliphatic carboxylic acids is 2. The molecule has 1 fully saturated rings. The zero-order chi connectivity index (χ0) is 25.7. The van der Waals surface area contributed by atoms with Crippen molar-refractivity contribution in [3.63, 3.8) is 0 Å². The number of carboxylic acids is 2. The van der Waals surface area contributed by atoms with Gasteiger partial charge in [-0.3, -0.25) is 29.2 Å². The Morgan fingerprint density at radius 1 is 0.559 bits per heavy atom. The average Bonchev–Trinajstić information content (AvgIpc) is 2.79. The average molecular weight is 497 g/mol. The van der Waals surface area contributed by atoms with Crippen LogP contribution in [0, 0.1) is 0 Å². The van der Waals surface area contributed by atoms with E-state index in [0.717, 1.165) is 0 Å². The summed E-state index contributed by atoms with van der Waals surface area (Å²) >= 11 is 0. The maximum atomic E-state index is 11.3. The van der Waals surface area contributed by atoms with Gasteiger partial charge in [0.1, 0.15) is 0 Å². The van der Waals surface area contributed by atoms with Gasteiger partial charge in [-0.05, 0) is 0 Å². The molecule has 0 aromatic heterocycles. The largest absolute Gasteiger partial charge is 0.480 e. The fraction of sp³-hybridized carbons (Fsp3) is 0.900. The molecule has 0 radical (unpaired) electrons. The second-order valence-corrected chi connectivity index (χ2v) is 8.41. The summed E-state index contributed by atoms with van der Waals surface area (Å²) in [6.45, 7) is -0.763. The van der Waals surface area contributed by atoms with Crippen LogP contribution in [-0.4, -0.2) is 189 Å². The minimum absolute atomic E-state index is 0.219. The lowest BCUT2D eigenvalue weighted by Gasteiger charge is -2.40. The Bertz CT molecular complexity index is 552. The molecule has 8 N–H and O–H groups in total. The molecule has 34 heavy (non-hydrogen) atoms. The van der Waals surface area contributed by atoms with Crippen LogP contribution in [0.4, 0.5) is 0 Å². The Labute approximate surface area is 198 Å². The minimum Gasteiger partial charge on any atom is -0.480 e. The molecule has 0 aliphatic carbocycles. The Balaban J connectivity index is 3.20. The fourth-order valence-electron chi connectivity index (χ4n) is 4.09. The molecule has 14 nitrogen and oxygen atoms in total. The van der Waals surface area contributed by atoms with Crippen molar-refractivity contribution in [1.29, 1.82) is 0 Å². The number of nitrogens with zero attached hydrogens (tertiary/aromatic N) is 4. The number of carboxylic acid groups (broad SMARTS) is 2. The van der Waals surface area contributed by atoms with Crippen LogP contribution < -0.4 is 0 Å². The van der Waals surface area contributed by atoms with Gasteiger partial charge in [-0.2, -0.15) is 0 Å². The van der Waals surface area contributed by atoms with E-state index in [1.54, 1.807) is 19.6 Å². The first-order chi connectivity index (χ1) is 16.2. The summed E-state index contributed by atoms with van der Waals surface area (Å²) in [4.78, 5) is 29.3. The first kappa shape index (κ1) is 30.6. The normalized spacial score (nSPS) is 22.3. The zero-order valence-electron chi connectivity index (χ0n) is 19.4. The molecule has 1 aliphatic heterocycles. The summed E-state index contributed by atoms with van der Waals surface area (Å²) < 4.78 is 0. The SMILES string of the molecule is O=C(O)CN1CCN(CC(=O)O)CCN(C(CO)C(O)CO)CCN(C(CO)C(O)CO)CC1. The van der Waals surface area contributed by atoms with E-state index in [2.05, 4.69) is 0 Å². The second-order valence-electron chi connectivity index (χ2n) is 8.41. The topological polar surface area (TPSA) is 209 Å². The van der Waals surface area contributed by atoms with Crippen molar-refractivity contribution in [3.05, 3.63) is 0 Å². The van der Waals surface area contributed by atoms with Crippen molar-refractivity contribution >= 4 is 11.9 Å². The summed E-state index contributed by atoms with van der Waals surface area (Å²) in [5.74, 6) is -2.10. The van der Waals surface area contributed by atoms with Gasteiger partial charge in [0.25, 0.3) is 0 Å². The Hall–Kier alpha value is -1.46. The Kier molecular flexibility index (Phi) is 14.6. The first-order valence-electron chi connectivity index (χ1n) is 11.3. The quantitative estimate of drug-likeness (QED) is 0.127. The van der Waals surface area contributed by atoms with Gasteiger partial charge >= 0.3 is 11.9 Å². The van der Waals surface area contributed by atoms with Gasteiger partial charge in [-0.15, -0.1) is 0 Å². The number of aliphatic hydroxyl groups excluding tert-OH is 6. The maximum absolute atomic E-state index is 11.3. The monoisotopic (exact) mass is 496 g/mol. The molecule has 1 rings (SSSR count). The van der Waals surface area contributed by atoms with E-state index in [1.807, 2.05) is 0 Å². The zero-order valence-corrected chi connectivity index (χ0v) is 19.4. The third kappa shape index (κ3) is 10.4. The lowest BCUT2D eigenvalue weighted by molar-refractivity contribution is -0.140. The van der Waals surface area contributed by atoms with Gasteiger partial charge in [-0.1, -0.05) is 0 Å². The number of carbonyl (C=O) groups is 2. The molecule has 0 amide bonds. The minimum atomic E-state index is -1.25. The molecule has 14 heteroatoms. The predicted octanol–water partition coefficient (Wildman–Crippen LogP) is -5.19. The van der Waals surface area contributed by atoms with Crippen LogP contribution in [-0.2, 0) is 9.59 Å². The van der Waals surface area contributed by atoms with Crippen molar-refractivity contribution < 1.29 is 50.4 Å². The summed E-state index contributed by atoms with van der Waals surface area (Å²) in [5.41, 5.74) is 0. The number of aliphatic hydroxyl groups is 6. The molecule has 1 saturated heterocycles. The van der Waals surface area contributed by atoms with E-state index in [1.165, 1.54) is 0 Å². The van der Waals surface area contributed by atoms with Crippen molar-refractivity contribution in [2.45, 2.75) is 24.3 Å². The van der Waals surface area contributed by atoms with Crippen LogP contribution in [0.25, 0.3) is 0 Å². The number of rotatable bonds is 12. The van der Waals surface area contributed by atoms with E-state index in [9.17, 15) is 50.4 Å². The van der Waals surface area contributed by atoms with Gasteiger partial charge < -0.3 is 40.9 Å². The fourth-order valence-corrected chi connectivity index (χ4v) is 4.09. The van der Waals surface area contributed by atoms with E-state index >= 15 is 0 Å². The molecule has 0 bridgehead atoms. The van der Waals surface area contributed by atoms with Gasteiger partial charge in [0.15, 0.2) is 0 Å². The van der Waals surface area contributed by atoms with Gasteiger partial charge in [0.05, 0.1) is 63.8 Å². The molecule has 4 atom stereocenters. The van der Waals surface area contributed by atoms with E-state index in [-0.39, 0.29) is 65.4 Å².